The lowest BCUT2D eigenvalue weighted by atomic mass is 9.43. The molecule has 0 saturated heterocycles. The highest BCUT2D eigenvalue weighted by Crippen LogP contribution is 2.68. The normalized spacial score (nSPS) is 52.9. The van der Waals surface area contributed by atoms with E-state index in [2.05, 4.69) is 20.8 Å². The largest absolute Gasteiger partial charge is 0.393 e. The lowest BCUT2D eigenvalue weighted by Gasteiger charge is -2.63. The minimum atomic E-state index is -0.732. The summed E-state index contributed by atoms with van der Waals surface area (Å²) in [6.45, 7) is 6.99. The van der Waals surface area contributed by atoms with Crippen LogP contribution in [-0.4, -0.2) is 39.5 Å². The van der Waals surface area contributed by atoms with Crippen molar-refractivity contribution in [1.29, 1.82) is 0 Å². The standard InChI is InChI=1S/C24H41NO4/c1-13(4-7-19(25)27)15-5-6-16-20-17(9-11-23(15,16)2)24(3)10-8-14(26)12-18(24)21(28)22(20)29/h13-18,20-22,26,28-29H,4-12H2,1-3H3,(H2,25,27)/t13?,14-,15?,16?,17?,18?,20?,21?,22+,23-,24-/m1/s1. The van der Waals surface area contributed by atoms with Crippen molar-refractivity contribution in [2.75, 3.05) is 0 Å². The summed E-state index contributed by atoms with van der Waals surface area (Å²) in [5.74, 6) is 1.79. The predicted molar refractivity (Wildman–Crippen MR) is 112 cm³/mol. The van der Waals surface area contributed by atoms with Crippen LogP contribution in [0, 0.1) is 46.3 Å². The molecule has 5 N–H and O–H groups in total. The number of aliphatic hydroxyl groups is 3. The highest BCUT2D eigenvalue weighted by atomic mass is 16.3. The fourth-order valence-electron chi connectivity index (χ4n) is 8.79. The van der Waals surface area contributed by atoms with Gasteiger partial charge in [0.1, 0.15) is 0 Å². The fourth-order valence-corrected chi connectivity index (χ4v) is 8.79. The lowest BCUT2D eigenvalue weighted by molar-refractivity contribution is -0.223. The summed E-state index contributed by atoms with van der Waals surface area (Å²) in [5.41, 5.74) is 5.57. The van der Waals surface area contributed by atoms with Crippen LogP contribution in [-0.2, 0) is 4.79 Å². The number of primary amides is 1. The average molecular weight is 408 g/mol. The smallest absolute Gasteiger partial charge is 0.217 e. The molecule has 0 aliphatic heterocycles. The predicted octanol–water partition coefficient (Wildman–Crippen LogP) is 2.85. The van der Waals surface area contributed by atoms with Gasteiger partial charge in [0.05, 0.1) is 18.3 Å². The quantitative estimate of drug-likeness (QED) is 0.575. The molecule has 0 heterocycles. The van der Waals surface area contributed by atoms with Crippen molar-refractivity contribution < 1.29 is 20.1 Å². The van der Waals surface area contributed by atoms with Crippen LogP contribution in [0.4, 0.5) is 0 Å². The number of hydrogen-bond acceptors (Lipinski definition) is 4. The van der Waals surface area contributed by atoms with Crippen molar-refractivity contribution in [3.05, 3.63) is 0 Å². The van der Waals surface area contributed by atoms with E-state index in [1.807, 2.05) is 0 Å². The molecule has 0 bridgehead atoms. The van der Waals surface area contributed by atoms with E-state index < -0.39 is 12.2 Å². The molecule has 0 aromatic rings. The van der Waals surface area contributed by atoms with Gasteiger partial charge in [-0.2, -0.15) is 0 Å². The van der Waals surface area contributed by atoms with Crippen LogP contribution < -0.4 is 5.73 Å². The molecule has 4 aliphatic rings. The zero-order valence-corrected chi connectivity index (χ0v) is 18.4. The van der Waals surface area contributed by atoms with E-state index in [0.717, 1.165) is 44.9 Å². The second kappa shape index (κ2) is 7.49. The molecule has 5 nitrogen and oxygen atoms in total. The molecule has 0 radical (unpaired) electrons. The van der Waals surface area contributed by atoms with Crippen molar-refractivity contribution in [3.8, 4) is 0 Å². The molecule has 0 spiro atoms. The highest BCUT2D eigenvalue weighted by Gasteiger charge is 2.65. The molecule has 0 aromatic heterocycles. The third kappa shape index (κ3) is 3.27. The molecule has 29 heavy (non-hydrogen) atoms. The van der Waals surface area contributed by atoms with Gasteiger partial charge in [0.2, 0.25) is 5.91 Å². The summed E-state index contributed by atoms with van der Waals surface area (Å²) >= 11 is 0. The Morgan fingerprint density at radius 3 is 2.31 bits per heavy atom. The highest BCUT2D eigenvalue weighted by molar-refractivity contribution is 5.73. The van der Waals surface area contributed by atoms with Gasteiger partial charge in [0.15, 0.2) is 0 Å². The van der Waals surface area contributed by atoms with Crippen LogP contribution in [0.5, 0.6) is 0 Å². The third-order valence-electron chi connectivity index (χ3n) is 10.3. The van der Waals surface area contributed by atoms with Gasteiger partial charge in [0.25, 0.3) is 0 Å². The Hall–Kier alpha value is -0.650. The minimum Gasteiger partial charge on any atom is -0.393 e. The molecule has 4 aliphatic carbocycles. The Morgan fingerprint density at radius 2 is 1.62 bits per heavy atom. The van der Waals surface area contributed by atoms with Gasteiger partial charge < -0.3 is 21.1 Å². The number of fused-ring (bicyclic) bond motifs is 5. The van der Waals surface area contributed by atoms with E-state index in [-0.39, 0.29) is 34.7 Å². The Kier molecular flexibility index (Phi) is 5.57. The SMILES string of the molecule is CC(CCC(N)=O)C1CCC2C3C(CC[C@]12C)[C@@]1(C)CC[C@@H](O)CC1C(O)[C@H]3O. The molecule has 4 rings (SSSR count). The maximum absolute atomic E-state index is 11.3. The van der Waals surface area contributed by atoms with Crippen molar-refractivity contribution in [1.82, 2.24) is 0 Å². The fraction of sp³-hybridized carbons (Fsp3) is 0.958. The topological polar surface area (TPSA) is 104 Å². The monoisotopic (exact) mass is 407 g/mol. The number of nitrogens with two attached hydrogens (primary N) is 1. The Balaban J connectivity index is 1.59. The molecular weight excluding hydrogens is 366 g/mol. The number of carbonyl (C=O) groups is 1. The van der Waals surface area contributed by atoms with Gasteiger partial charge in [-0.15, -0.1) is 0 Å². The number of aliphatic hydroxyl groups excluding tert-OH is 3. The van der Waals surface area contributed by atoms with Crippen LogP contribution in [0.15, 0.2) is 0 Å². The molecule has 5 heteroatoms. The van der Waals surface area contributed by atoms with Crippen LogP contribution in [0.3, 0.4) is 0 Å². The Morgan fingerprint density at radius 1 is 0.966 bits per heavy atom. The Labute approximate surface area is 175 Å². The van der Waals surface area contributed by atoms with Gasteiger partial charge in [0, 0.05) is 6.42 Å². The summed E-state index contributed by atoms with van der Waals surface area (Å²) in [4.78, 5) is 11.3. The first-order chi connectivity index (χ1) is 13.6. The molecular formula is C24H41NO4. The molecule has 0 aromatic carbocycles. The van der Waals surface area contributed by atoms with Crippen LogP contribution >= 0.6 is 0 Å². The number of amides is 1. The first kappa shape index (κ1) is 21.6. The van der Waals surface area contributed by atoms with Crippen LogP contribution in [0.25, 0.3) is 0 Å². The van der Waals surface area contributed by atoms with Crippen molar-refractivity contribution in [3.63, 3.8) is 0 Å². The first-order valence-electron chi connectivity index (χ1n) is 11.9. The van der Waals surface area contributed by atoms with E-state index >= 15 is 0 Å². The van der Waals surface area contributed by atoms with E-state index in [0.29, 0.717) is 36.5 Å². The number of carbonyl (C=O) groups excluding carboxylic acids is 1. The van der Waals surface area contributed by atoms with E-state index in [4.69, 9.17) is 5.73 Å². The number of rotatable bonds is 4. The molecule has 166 valence electrons. The van der Waals surface area contributed by atoms with E-state index in [1.165, 1.54) is 0 Å². The zero-order chi connectivity index (χ0) is 21.1. The number of hydrogen-bond donors (Lipinski definition) is 4. The van der Waals surface area contributed by atoms with Gasteiger partial charge in [-0.05, 0) is 97.7 Å². The zero-order valence-electron chi connectivity index (χ0n) is 18.4. The van der Waals surface area contributed by atoms with Crippen LogP contribution in [0.1, 0.15) is 78.6 Å². The second-order valence-electron chi connectivity index (χ2n) is 11.5. The molecule has 4 fully saturated rings. The van der Waals surface area contributed by atoms with Gasteiger partial charge in [-0.3, -0.25) is 4.79 Å². The summed E-state index contributed by atoms with van der Waals surface area (Å²) in [7, 11) is 0. The van der Waals surface area contributed by atoms with E-state index in [1.54, 1.807) is 0 Å². The maximum atomic E-state index is 11.3. The maximum Gasteiger partial charge on any atom is 0.217 e. The van der Waals surface area contributed by atoms with E-state index in [9.17, 15) is 20.1 Å². The minimum absolute atomic E-state index is 0.00135. The summed E-state index contributed by atoms with van der Waals surface area (Å²) in [6.07, 6.45) is 6.43. The summed E-state index contributed by atoms with van der Waals surface area (Å²) in [6, 6.07) is 0. The summed E-state index contributed by atoms with van der Waals surface area (Å²) < 4.78 is 0. The third-order valence-corrected chi connectivity index (χ3v) is 10.3. The van der Waals surface area contributed by atoms with Crippen molar-refractivity contribution in [2.45, 2.75) is 96.9 Å². The van der Waals surface area contributed by atoms with Gasteiger partial charge in [-0.1, -0.05) is 20.8 Å². The van der Waals surface area contributed by atoms with Crippen molar-refractivity contribution >= 4 is 5.91 Å². The molecule has 1 amide bonds. The van der Waals surface area contributed by atoms with Gasteiger partial charge >= 0.3 is 0 Å². The molecule has 4 saturated carbocycles. The molecule has 7 unspecified atom stereocenters. The Bertz CT molecular complexity index is 640. The first-order valence-corrected chi connectivity index (χ1v) is 11.9. The van der Waals surface area contributed by atoms with Crippen LogP contribution in [0.2, 0.25) is 0 Å². The van der Waals surface area contributed by atoms with Gasteiger partial charge in [-0.25, -0.2) is 0 Å². The summed E-state index contributed by atoms with van der Waals surface area (Å²) in [5, 5.41) is 32.6. The van der Waals surface area contributed by atoms with Crippen molar-refractivity contribution in [2.24, 2.45) is 52.1 Å². The average Bonchev–Trinajstić information content (AvgIpc) is 3.02. The molecule has 11 atom stereocenters. The second-order valence-corrected chi connectivity index (χ2v) is 11.5. The lowest BCUT2D eigenvalue weighted by Crippen LogP contribution is -2.64.